The summed E-state index contributed by atoms with van der Waals surface area (Å²) in [5.74, 6) is -1.20. The van der Waals surface area contributed by atoms with E-state index in [1.807, 2.05) is 12.1 Å². The van der Waals surface area contributed by atoms with Gasteiger partial charge in [-0.25, -0.2) is 14.2 Å². The maximum absolute atomic E-state index is 13.3. The third-order valence-electron chi connectivity index (χ3n) is 5.88. The topological polar surface area (TPSA) is 68.3 Å². The zero-order valence-electron chi connectivity index (χ0n) is 18.0. The number of fused-ring (bicyclic) bond motifs is 1. The quantitative estimate of drug-likeness (QED) is 0.544. The van der Waals surface area contributed by atoms with Gasteiger partial charge in [0.05, 0.1) is 16.8 Å². The Morgan fingerprint density at radius 2 is 1.66 bits per heavy atom. The molecule has 2 aromatic carbocycles. The number of hydrogen-bond donors (Lipinski definition) is 1. The van der Waals surface area contributed by atoms with Crippen LogP contribution in [0.3, 0.4) is 0 Å². The Hall–Kier alpha value is -3.28. The zero-order valence-corrected chi connectivity index (χ0v) is 18.0. The van der Waals surface area contributed by atoms with Crippen LogP contribution in [0.15, 0.2) is 54.6 Å². The molecule has 32 heavy (non-hydrogen) atoms. The molecule has 3 aromatic rings. The van der Waals surface area contributed by atoms with Crippen LogP contribution in [0, 0.1) is 5.82 Å². The first-order chi connectivity index (χ1) is 15.6. The first-order valence-electron chi connectivity index (χ1n) is 11.2. The predicted octanol–water partition coefficient (Wildman–Crippen LogP) is 5.43. The van der Waals surface area contributed by atoms with Crippen molar-refractivity contribution in [1.29, 1.82) is 0 Å². The van der Waals surface area contributed by atoms with E-state index < -0.39 is 5.97 Å². The summed E-state index contributed by atoms with van der Waals surface area (Å²) in [6.07, 6.45) is 7.82. The van der Waals surface area contributed by atoms with E-state index in [4.69, 9.17) is 4.74 Å². The molecule has 1 aliphatic rings. The van der Waals surface area contributed by atoms with Crippen molar-refractivity contribution in [3.63, 3.8) is 0 Å². The summed E-state index contributed by atoms with van der Waals surface area (Å²) < 4.78 is 18.7. The van der Waals surface area contributed by atoms with Gasteiger partial charge in [-0.05, 0) is 49.2 Å². The Morgan fingerprint density at radius 1 is 0.969 bits per heavy atom. The molecule has 5 nitrogen and oxygen atoms in total. The lowest BCUT2D eigenvalue weighted by Gasteiger charge is -2.21. The molecule has 1 aliphatic carbocycles. The molecule has 0 aliphatic heterocycles. The third-order valence-corrected chi connectivity index (χ3v) is 5.88. The van der Waals surface area contributed by atoms with E-state index in [0.29, 0.717) is 27.7 Å². The highest BCUT2D eigenvalue weighted by atomic mass is 19.1. The van der Waals surface area contributed by atoms with Gasteiger partial charge in [0, 0.05) is 17.0 Å². The predicted molar refractivity (Wildman–Crippen MR) is 122 cm³/mol. The first kappa shape index (κ1) is 21.9. The van der Waals surface area contributed by atoms with Crippen molar-refractivity contribution < 1.29 is 18.7 Å². The minimum Gasteiger partial charge on any atom is -0.452 e. The van der Waals surface area contributed by atoms with Crippen molar-refractivity contribution in [3.8, 4) is 11.3 Å². The summed E-state index contributed by atoms with van der Waals surface area (Å²) in [5.41, 5.74) is 2.18. The van der Waals surface area contributed by atoms with Crippen molar-refractivity contribution in [2.24, 2.45) is 0 Å². The van der Waals surface area contributed by atoms with Crippen molar-refractivity contribution in [2.75, 3.05) is 6.61 Å². The second kappa shape index (κ2) is 10.4. The number of carbonyl (C=O) groups excluding carboxylic acids is 2. The average molecular weight is 435 g/mol. The van der Waals surface area contributed by atoms with E-state index in [1.165, 1.54) is 31.4 Å². The van der Waals surface area contributed by atoms with E-state index in [-0.39, 0.29) is 24.4 Å². The summed E-state index contributed by atoms with van der Waals surface area (Å²) in [4.78, 5) is 29.9. The first-order valence-corrected chi connectivity index (χ1v) is 11.2. The number of halogens is 1. The molecule has 1 amide bonds. The van der Waals surface area contributed by atoms with E-state index in [2.05, 4.69) is 10.3 Å². The van der Waals surface area contributed by atoms with Crippen LogP contribution in [0.1, 0.15) is 55.3 Å². The van der Waals surface area contributed by atoms with Crippen LogP contribution in [0.4, 0.5) is 4.39 Å². The van der Waals surface area contributed by atoms with Crippen molar-refractivity contribution in [2.45, 2.75) is 51.0 Å². The number of ether oxygens (including phenoxy) is 1. The van der Waals surface area contributed by atoms with E-state index in [0.717, 1.165) is 25.7 Å². The Labute approximate surface area is 187 Å². The van der Waals surface area contributed by atoms with Crippen LogP contribution in [-0.4, -0.2) is 29.5 Å². The lowest BCUT2D eigenvalue weighted by atomic mass is 9.97. The Kier molecular flexibility index (Phi) is 7.10. The highest BCUT2D eigenvalue weighted by Crippen LogP contribution is 2.25. The van der Waals surface area contributed by atoms with E-state index in [1.54, 1.807) is 30.3 Å². The van der Waals surface area contributed by atoms with Gasteiger partial charge in [0.25, 0.3) is 5.91 Å². The second-order valence-corrected chi connectivity index (χ2v) is 8.26. The molecule has 1 fully saturated rings. The Bertz CT molecular complexity index is 1090. The minimum absolute atomic E-state index is 0.147. The molecule has 1 saturated carbocycles. The molecule has 0 radical (unpaired) electrons. The molecule has 0 saturated heterocycles. The van der Waals surface area contributed by atoms with Crippen LogP contribution in [0.5, 0.6) is 0 Å². The van der Waals surface area contributed by atoms with Gasteiger partial charge in [0.2, 0.25) is 0 Å². The van der Waals surface area contributed by atoms with Crippen molar-refractivity contribution in [3.05, 3.63) is 66.0 Å². The lowest BCUT2D eigenvalue weighted by molar-refractivity contribution is -0.125. The number of pyridine rings is 1. The number of benzene rings is 2. The zero-order chi connectivity index (χ0) is 22.3. The average Bonchev–Trinajstić information content (AvgIpc) is 2.79. The highest BCUT2D eigenvalue weighted by molar-refractivity contribution is 6.05. The molecular formula is C26H27FN2O3. The molecule has 0 bridgehead atoms. The van der Waals surface area contributed by atoms with E-state index in [9.17, 15) is 14.0 Å². The maximum atomic E-state index is 13.3. The normalized spacial score (nSPS) is 15.0. The Morgan fingerprint density at radius 3 is 2.41 bits per heavy atom. The Balaban J connectivity index is 1.48. The van der Waals surface area contributed by atoms with Crippen LogP contribution < -0.4 is 5.32 Å². The number of amides is 1. The molecule has 1 N–H and O–H groups in total. The number of rotatable bonds is 5. The van der Waals surface area contributed by atoms with Gasteiger partial charge in [0.1, 0.15) is 5.82 Å². The van der Waals surface area contributed by atoms with Crippen LogP contribution >= 0.6 is 0 Å². The van der Waals surface area contributed by atoms with Crippen molar-refractivity contribution in [1.82, 2.24) is 10.3 Å². The number of hydrogen-bond acceptors (Lipinski definition) is 4. The number of nitrogens with zero attached hydrogens (tertiary/aromatic N) is 1. The van der Waals surface area contributed by atoms with Gasteiger partial charge < -0.3 is 10.1 Å². The fraction of sp³-hybridized carbons (Fsp3) is 0.346. The molecule has 1 heterocycles. The number of esters is 1. The monoisotopic (exact) mass is 434 g/mol. The second-order valence-electron chi connectivity index (χ2n) is 8.26. The van der Waals surface area contributed by atoms with Crippen molar-refractivity contribution >= 4 is 22.8 Å². The number of nitrogens with one attached hydrogen (secondary N) is 1. The molecule has 0 unspecified atom stereocenters. The van der Waals surface area contributed by atoms with Gasteiger partial charge in [-0.2, -0.15) is 0 Å². The summed E-state index contributed by atoms with van der Waals surface area (Å²) in [6, 6.07) is 15.0. The lowest BCUT2D eigenvalue weighted by Crippen LogP contribution is -2.38. The number of para-hydroxylation sites is 1. The standard InChI is InChI=1S/C26H27FN2O3/c27-19-14-12-18(13-15-19)24-16-22(21-10-6-7-11-23(21)29-24)26(31)32-17-25(30)28-20-8-4-2-1-3-5-9-20/h6-7,10-16,20H,1-5,8-9,17H2,(H,28,30). The number of aromatic nitrogens is 1. The molecule has 166 valence electrons. The molecule has 0 atom stereocenters. The summed E-state index contributed by atoms with van der Waals surface area (Å²) >= 11 is 0. The number of carbonyl (C=O) groups is 2. The smallest absolute Gasteiger partial charge is 0.339 e. The molecule has 4 rings (SSSR count). The summed E-state index contributed by atoms with van der Waals surface area (Å²) in [7, 11) is 0. The van der Waals surface area contributed by atoms with Gasteiger partial charge in [0.15, 0.2) is 6.61 Å². The van der Waals surface area contributed by atoms with Gasteiger partial charge >= 0.3 is 5.97 Å². The van der Waals surface area contributed by atoms with Gasteiger partial charge in [-0.1, -0.05) is 50.3 Å². The van der Waals surface area contributed by atoms with Gasteiger partial charge in [-0.3, -0.25) is 4.79 Å². The van der Waals surface area contributed by atoms with Crippen LogP contribution in [0.2, 0.25) is 0 Å². The largest absolute Gasteiger partial charge is 0.452 e. The van der Waals surface area contributed by atoms with Gasteiger partial charge in [-0.15, -0.1) is 0 Å². The minimum atomic E-state index is -0.584. The van der Waals surface area contributed by atoms with Crippen LogP contribution in [-0.2, 0) is 9.53 Å². The summed E-state index contributed by atoms with van der Waals surface area (Å²) in [6.45, 7) is -0.322. The fourth-order valence-electron chi connectivity index (χ4n) is 4.19. The summed E-state index contributed by atoms with van der Waals surface area (Å²) in [5, 5.41) is 3.65. The molecular weight excluding hydrogens is 407 g/mol. The fourth-order valence-corrected chi connectivity index (χ4v) is 4.19. The molecule has 1 aromatic heterocycles. The third kappa shape index (κ3) is 5.49. The maximum Gasteiger partial charge on any atom is 0.339 e. The molecule has 6 heteroatoms. The van der Waals surface area contributed by atoms with E-state index >= 15 is 0 Å². The highest BCUT2D eigenvalue weighted by Gasteiger charge is 2.18. The molecule has 0 spiro atoms. The van der Waals surface area contributed by atoms with Crippen LogP contribution in [0.25, 0.3) is 22.2 Å². The SMILES string of the molecule is O=C(COC(=O)c1cc(-c2ccc(F)cc2)nc2ccccc12)NC1CCCCCCC1.